The molecule has 0 aliphatic heterocycles. The van der Waals surface area contributed by atoms with Crippen LogP contribution in [-0.4, -0.2) is 17.8 Å². The van der Waals surface area contributed by atoms with Gasteiger partial charge in [-0.15, -0.1) is 0 Å². The molecule has 0 bridgehead atoms. The van der Waals surface area contributed by atoms with Crippen LogP contribution >= 0.6 is 7.21 Å². The molecule has 0 aliphatic rings. The number of nitriles is 1. The number of hydrogen-bond donors (Lipinski definition) is 0. The zero-order valence-corrected chi connectivity index (χ0v) is 16.7. The molecule has 0 unspecified atom stereocenters. The van der Waals surface area contributed by atoms with Crippen molar-refractivity contribution >= 4 is 23.5 Å². The van der Waals surface area contributed by atoms with E-state index in [0.717, 1.165) is 18.8 Å². The Morgan fingerprint density at radius 2 is 1.26 bits per heavy atom. The van der Waals surface area contributed by atoms with E-state index in [2.05, 4.69) is 73.1 Å². The summed E-state index contributed by atoms with van der Waals surface area (Å²) < 4.78 is 7.81. The first-order chi connectivity index (χ1) is 13.3. The zero-order valence-electron chi connectivity index (χ0n) is 15.8. The quantitative estimate of drug-likeness (QED) is 0.550. The highest BCUT2D eigenvalue weighted by Gasteiger charge is 2.30. The number of rotatable bonds is 6. The number of benzene rings is 3. The molecule has 0 heterocycles. The zero-order chi connectivity index (χ0) is 19.1. The first-order valence-corrected chi connectivity index (χ1v) is 10.9. The first-order valence-electron chi connectivity index (χ1n) is 9.24. The van der Waals surface area contributed by atoms with Gasteiger partial charge in [0.25, 0.3) is 0 Å². The molecule has 0 N–H and O–H groups in total. The van der Waals surface area contributed by atoms with Crippen molar-refractivity contribution in [1.29, 1.82) is 5.26 Å². The van der Waals surface area contributed by atoms with Crippen molar-refractivity contribution < 1.29 is 0 Å². The second kappa shape index (κ2) is 8.82. The molecule has 136 valence electrons. The third-order valence-corrected chi connectivity index (χ3v) is 8.57. The SMILES string of the molecule is CCN(CC)P(=Nc1ccccc1C#N)(c1ccccc1)c1ccccc1. The molecule has 27 heavy (non-hydrogen) atoms. The third kappa shape index (κ3) is 3.74. The van der Waals surface area contributed by atoms with E-state index in [4.69, 9.17) is 4.74 Å². The highest BCUT2D eigenvalue weighted by molar-refractivity contribution is 7.78. The molecular weight excluding hydrogens is 349 g/mol. The summed E-state index contributed by atoms with van der Waals surface area (Å²) in [7, 11) is -2.27. The van der Waals surface area contributed by atoms with E-state index < -0.39 is 7.21 Å². The van der Waals surface area contributed by atoms with Crippen LogP contribution in [0.1, 0.15) is 19.4 Å². The average Bonchev–Trinajstić information content (AvgIpc) is 2.75. The van der Waals surface area contributed by atoms with Crippen LogP contribution in [0.4, 0.5) is 5.69 Å². The van der Waals surface area contributed by atoms with Crippen LogP contribution in [0.2, 0.25) is 0 Å². The van der Waals surface area contributed by atoms with Gasteiger partial charge in [-0.3, -0.25) is 4.67 Å². The van der Waals surface area contributed by atoms with Crippen LogP contribution in [0.25, 0.3) is 0 Å². The van der Waals surface area contributed by atoms with Crippen LogP contribution in [0.5, 0.6) is 0 Å². The van der Waals surface area contributed by atoms with E-state index in [0.29, 0.717) is 5.56 Å². The molecule has 0 saturated heterocycles. The van der Waals surface area contributed by atoms with Crippen LogP contribution < -0.4 is 10.6 Å². The lowest BCUT2D eigenvalue weighted by Crippen LogP contribution is -2.32. The Morgan fingerprint density at radius 1 is 0.778 bits per heavy atom. The van der Waals surface area contributed by atoms with E-state index in [-0.39, 0.29) is 0 Å². The van der Waals surface area contributed by atoms with E-state index in [1.54, 1.807) is 0 Å². The van der Waals surface area contributed by atoms with Gasteiger partial charge in [0, 0.05) is 23.7 Å². The largest absolute Gasteiger partial charge is 0.263 e. The Kier molecular flexibility index (Phi) is 6.24. The Bertz CT molecular complexity index is 928. The molecule has 0 aliphatic carbocycles. The molecule has 0 fully saturated rings. The average molecular weight is 373 g/mol. The van der Waals surface area contributed by atoms with Gasteiger partial charge in [0.1, 0.15) is 6.07 Å². The Morgan fingerprint density at radius 3 is 1.74 bits per heavy atom. The Labute approximate surface area is 162 Å². The Balaban J connectivity index is 2.44. The van der Waals surface area contributed by atoms with Crippen LogP contribution in [-0.2, 0) is 0 Å². The van der Waals surface area contributed by atoms with E-state index in [9.17, 15) is 5.26 Å². The molecule has 0 atom stereocenters. The molecule has 3 aromatic carbocycles. The normalized spacial score (nSPS) is 11.2. The fourth-order valence-electron chi connectivity index (χ4n) is 3.37. The lowest BCUT2D eigenvalue weighted by atomic mass is 10.2. The van der Waals surface area contributed by atoms with Crippen molar-refractivity contribution in [2.45, 2.75) is 13.8 Å². The number of nitrogens with zero attached hydrogens (tertiary/aromatic N) is 3. The van der Waals surface area contributed by atoms with Gasteiger partial charge in [0.05, 0.1) is 18.5 Å². The predicted octanol–water partition coefficient (Wildman–Crippen LogP) is 5.30. The molecule has 0 saturated carbocycles. The minimum Gasteiger partial charge on any atom is -0.263 e. The summed E-state index contributed by atoms with van der Waals surface area (Å²) in [6, 6.07) is 30.9. The van der Waals surface area contributed by atoms with Gasteiger partial charge in [0.2, 0.25) is 0 Å². The van der Waals surface area contributed by atoms with Crippen molar-refractivity contribution in [3.8, 4) is 6.07 Å². The van der Waals surface area contributed by atoms with Crippen molar-refractivity contribution in [2.24, 2.45) is 4.74 Å². The van der Waals surface area contributed by atoms with Gasteiger partial charge in [-0.1, -0.05) is 86.6 Å². The van der Waals surface area contributed by atoms with Gasteiger partial charge in [-0.05, 0) is 12.1 Å². The number of hydrogen-bond acceptors (Lipinski definition) is 2. The standard InChI is InChI=1S/C23H24N3P/c1-3-26(4-2)27(21-14-7-5-8-15-21,22-16-9-6-10-17-22)25-23-18-12-11-13-20(23)19-24/h5-18H,3-4H2,1-2H3. The molecule has 3 nitrogen and oxygen atoms in total. The molecule has 0 amide bonds. The lowest BCUT2D eigenvalue weighted by Gasteiger charge is -2.36. The molecule has 0 spiro atoms. The van der Waals surface area contributed by atoms with Crippen molar-refractivity contribution in [3.63, 3.8) is 0 Å². The predicted molar refractivity (Wildman–Crippen MR) is 115 cm³/mol. The summed E-state index contributed by atoms with van der Waals surface area (Å²) in [5.74, 6) is 0. The van der Waals surface area contributed by atoms with Crippen LogP contribution in [0, 0.1) is 11.3 Å². The van der Waals surface area contributed by atoms with Gasteiger partial charge in [-0.2, -0.15) is 5.26 Å². The van der Waals surface area contributed by atoms with Gasteiger partial charge >= 0.3 is 0 Å². The highest BCUT2D eigenvalue weighted by atomic mass is 31.2. The van der Waals surface area contributed by atoms with Crippen molar-refractivity contribution in [3.05, 3.63) is 90.5 Å². The minimum atomic E-state index is -2.27. The smallest absolute Gasteiger partial charge is 0.101 e. The van der Waals surface area contributed by atoms with E-state index >= 15 is 0 Å². The van der Waals surface area contributed by atoms with E-state index in [1.165, 1.54) is 10.6 Å². The van der Waals surface area contributed by atoms with Gasteiger partial charge in [-0.25, -0.2) is 4.74 Å². The Hall–Kier alpha value is -2.66. The summed E-state index contributed by atoms with van der Waals surface area (Å²) in [6.07, 6.45) is 0. The lowest BCUT2D eigenvalue weighted by molar-refractivity contribution is 0.509. The summed E-state index contributed by atoms with van der Waals surface area (Å²) in [4.78, 5) is 0. The molecule has 0 radical (unpaired) electrons. The van der Waals surface area contributed by atoms with E-state index in [1.807, 2.05) is 36.4 Å². The van der Waals surface area contributed by atoms with Gasteiger partial charge in [0.15, 0.2) is 0 Å². The summed E-state index contributed by atoms with van der Waals surface area (Å²) in [5.41, 5.74) is 1.37. The maximum Gasteiger partial charge on any atom is 0.101 e. The monoisotopic (exact) mass is 373 g/mol. The van der Waals surface area contributed by atoms with Crippen molar-refractivity contribution in [1.82, 2.24) is 4.67 Å². The molecule has 4 heteroatoms. The van der Waals surface area contributed by atoms with Crippen LogP contribution in [0.3, 0.4) is 0 Å². The van der Waals surface area contributed by atoms with Crippen LogP contribution in [0.15, 0.2) is 89.7 Å². The summed E-state index contributed by atoms with van der Waals surface area (Å²) in [6.45, 7) is 6.12. The molecule has 0 aromatic heterocycles. The summed E-state index contributed by atoms with van der Waals surface area (Å²) >= 11 is 0. The summed E-state index contributed by atoms with van der Waals surface area (Å²) in [5, 5.41) is 12.0. The first kappa shape index (κ1) is 19.1. The molecule has 3 aromatic rings. The van der Waals surface area contributed by atoms with Gasteiger partial charge < -0.3 is 0 Å². The maximum atomic E-state index is 9.60. The minimum absolute atomic E-state index is 0.612. The second-order valence-corrected chi connectivity index (χ2v) is 9.14. The van der Waals surface area contributed by atoms with Crippen molar-refractivity contribution in [2.75, 3.05) is 13.1 Å². The highest BCUT2D eigenvalue weighted by Crippen LogP contribution is 2.53. The molecular formula is C23H24N3P. The molecule has 3 rings (SSSR count). The fraction of sp³-hybridized carbons (Fsp3) is 0.174. The maximum absolute atomic E-state index is 9.60. The fourth-order valence-corrected chi connectivity index (χ4v) is 7.16. The topological polar surface area (TPSA) is 39.4 Å². The second-order valence-electron chi connectivity index (χ2n) is 6.14. The third-order valence-electron chi connectivity index (χ3n) is 4.65.